The third-order valence-corrected chi connectivity index (χ3v) is 5.62. The number of carbonyl (C=O) groups excluding carboxylic acids is 2. The molecule has 2 amide bonds. The fourth-order valence-corrected chi connectivity index (χ4v) is 3.59. The molecule has 0 aliphatic carbocycles. The highest BCUT2D eigenvalue weighted by Crippen LogP contribution is 2.27. The third kappa shape index (κ3) is 5.20. The van der Waals surface area contributed by atoms with E-state index < -0.39 is 0 Å². The maximum atomic E-state index is 12.6. The van der Waals surface area contributed by atoms with Gasteiger partial charge in [-0.2, -0.15) is 0 Å². The van der Waals surface area contributed by atoms with Crippen molar-refractivity contribution in [1.82, 2.24) is 0 Å². The second-order valence-corrected chi connectivity index (χ2v) is 8.41. The van der Waals surface area contributed by atoms with Crippen LogP contribution >= 0.6 is 56.8 Å². The topological polar surface area (TPSA) is 58.2 Å². The third-order valence-electron chi connectivity index (χ3n) is 3.68. The summed E-state index contributed by atoms with van der Waals surface area (Å²) in [5.41, 5.74) is 2.09. The number of carbonyl (C=O) groups is 2. The Hall–Kier alpha value is -1.65. The van der Waals surface area contributed by atoms with Gasteiger partial charge >= 0.3 is 0 Å². The number of halogens is 3. The van der Waals surface area contributed by atoms with Crippen LogP contribution < -0.4 is 10.6 Å². The number of benzene rings is 3. The van der Waals surface area contributed by atoms with Gasteiger partial charge < -0.3 is 10.6 Å². The van der Waals surface area contributed by atoms with E-state index in [1.165, 1.54) is 0 Å². The first-order chi connectivity index (χ1) is 12.9. The molecule has 4 nitrogen and oxygen atoms in total. The molecule has 0 atom stereocenters. The van der Waals surface area contributed by atoms with Crippen LogP contribution in [0, 0.1) is 7.14 Å². The molecule has 0 spiro atoms. The molecule has 0 aliphatic heterocycles. The summed E-state index contributed by atoms with van der Waals surface area (Å²) in [6.45, 7) is 0. The predicted molar refractivity (Wildman–Crippen MR) is 126 cm³/mol. The van der Waals surface area contributed by atoms with E-state index in [1.54, 1.807) is 42.5 Å². The van der Waals surface area contributed by atoms with Gasteiger partial charge in [-0.3, -0.25) is 9.59 Å². The summed E-state index contributed by atoms with van der Waals surface area (Å²) >= 11 is 10.5. The minimum atomic E-state index is -0.270. The zero-order chi connectivity index (χ0) is 19.4. The van der Waals surface area contributed by atoms with Gasteiger partial charge in [-0.25, -0.2) is 0 Å². The summed E-state index contributed by atoms with van der Waals surface area (Å²) in [6, 6.07) is 19.5. The Morgan fingerprint density at radius 2 is 1.56 bits per heavy atom. The molecule has 0 saturated heterocycles. The average Bonchev–Trinajstić information content (AvgIpc) is 2.67. The molecule has 0 unspecified atom stereocenters. The van der Waals surface area contributed by atoms with Crippen molar-refractivity contribution < 1.29 is 9.59 Å². The normalized spacial score (nSPS) is 10.3. The summed E-state index contributed by atoms with van der Waals surface area (Å²) in [5, 5.41) is 6.02. The molecular formula is C20H13ClI2N2O2. The smallest absolute Gasteiger partial charge is 0.256 e. The van der Waals surface area contributed by atoms with Crippen molar-refractivity contribution in [3.63, 3.8) is 0 Å². The molecule has 27 heavy (non-hydrogen) atoms. The molecule has 0 radical (unpaired) electrons. The quantitative estimate of drug-likeness (QED) is 0.357. The monoisotopic (exact) mass is 602 g/mol. The first-order valence-electron chi connectivity index (χ1n) is 7.86. The van der Waals surface area contributed by atoms with E-state index in [0.717, 1.165) is 7.14 Å². The van der Waals surface area contributed by atoms with Gasteiger partial charge in [0.2, 0.25) is 0 Å². The fraction of sp³-hybridized carbons (Fsp3) is 0. The summed E-state index contributed by atoms with van der Waals surface area (Å²) in [4.78, 5) is 24.9. The Bertz CT molecular complexity index is 1010. The molecule has 0 fully saturated rings. The molecule has 3 aromatic carbocycles. The molecule has 7 heteroatoms. The number of hydrogen-bond donors (Lipinski definition) is 2. The number of anilines is 2. The van der Waals surface area contributed by atoms with Crippen molar-refractivity contribution in [2.24, 2.45) is 0 Å². The highest BCUT2D eigenvalue weighted by atomic mass is 127. The Balaban J connectivity index is 1.80. The Labute approximate surface area is 189 Å². The fourth-order valence-electron chi connectivity index (χ4n) is 2.35. The van der Waals surface area contributed by atoms with Gasteiger partial charge in [-0.15, -0.1) is 0 Å². The van der Waals surface area contributed by atoms with Gasteiger partial charge in [-0.1, -0.05) is 29.8 Å². The first kappa shape index (κ1) is 20.1. The summed E-state index contributed by atoms with van der Waals surface area (Å²) in [5.74, 6) is -0.492. The van der Waals surface area contributed by atoms with Crippen LogP contribution in [-0.4, -0.2) is 11.8 Å². The summed E-state index contributed by atoms with van der Waals surface area (Å²) < 4.78 is 1.84. The van der Waals surface area contributed by atoms with Crippen LogP contribution in [0.3, 0.4) is 0 Å². The largest absolute Gasteiger partial charge is 0.322 e. The van der Waals surface area contributed by atoms with Gasteiger partial charge in [0.1, 0.15) is 0 Å². The summed E-state index contributed by atoms with van der Waals surface area (Å²) in [7, 11) is 0. The summed E-state index contributed by atoms with van der Waals surface area (Å²) in [6.07, 6.45) is 0. The predicted octanol–water partition coefficient (Wildman–Crippen LogP) is 6.05. The molecule has 3 aromatic rings. The molecule has 3 rings (SSSR count). The maximum Gasteiger partial charge on any atom is 0.256 e. The van der Waals surface area contributed by atoms with Gasteiger partial charge in [0.15, 0.2) is 0 Å². The van der Waals surface area contributed by atoms with E-state index in [2.05, 4.69) is 55.8 Å². The van der Waals surface area contributed by atoms with Crippen LogP contribution in [0.2, 0.25) is 5.02 Å². The zero-order valence-electron chi connectivity index (χ0n) is 13.8. The molecule has 136 valence electrons. The van der Waals surface area contributed by atoms with Crippen LogP contribution in [0.25, 0.3) is 0 Å². The molecule has 0 bridgehead atoms. The second-order valence-electron chi connectivity index (χ2n) is 5.59. The lowest BCUT2D eigenvalue weighted by Gasteiger charge is -2.11. The first-order valence-corrected chi connectivity index (χ1v) is 10.4. The van der Waals surface area contributed by atoms with Gasteiger partial charge in [0.25, 0.3) is 11.8 Å². The number of hydrogen-bond acceptors (Lipinski definition) is 2. The van der Waals surface area contributed by atoms with Crippen molar-refractivity contribution in [3.05, 3.63) is 90.0 Å². The van der Waals surface area contributed by atoms with Gasteiger partial charge in [-0.05, 0) is 93.7 Å². The lowest BCUT2D eigenvalue weighted by molar-refractivity contribution is 0.101. The maximum absolute atomic E-state index is 12.6. The lowest BCUT2D eigenvalue weighted by atomic mass is 10.2. The van der Waals surface area contributed by atoms with Crippen molar-refractivity contribution in [1.29, 1.82) is 0 Å². The standard InChI is InChI=1S/C20H13ClI2N2O2/c21-16-8-7-14(24-20(27)15-10-13(22)6-9-17(15)23)11-18(16)25-19(26)12-4-2-1-3-5-12/h1-11H,(H,24,27)(H,25,26). The Morgan fingerprint density at radius 1 is 0.815 bits per heavy atom. The number of amides is 2. The van der Waals surface area contributed by atoms with E-state index >= 15 is 0 Å². The lowest BCUT2D eigenvalue weighted by Crippen LogP contribution is -2.15. The minimum Gasteiger partial charge on any atom is -0.322 e. The van der Waals surface area contributed by atoms with Crippen molar-refractivity contribution in [2.75, 3.05) is 10.6 Å². The van der Waals surface area contributed by atoms with E-state index in [-0.39, 0.29) is 11.8 Å². The van der Waals surface area contributed by atoms with Crippen molar-refractivity contribution in [2.45, 2.75) is 0 Å². The van der Waals surface area contributed by atoms with Crippen molar-refractivity contribution in [3.8, 4) is 0 Å². The van der Waals surface area contributed by atoms with Crippen LogP contribution in [0.15, 0.2) is 66.7 Å². The molecule has 0 aliphatic rings. The minimum absolute atomic E-state index is 0.222. The Morgan fingerprint density at radius 3 is 2.30 bits per heavy atom. The van der Waals surface area contributed by atoms with E-state index in [1.807, 2.05) is 24.3 Å². The molecule has 0 heterocycles. The van der Waals surface area contributed by atoms with Crippen LogP contribution in [0.1, 0.15) is 20.7 Å². The van der Waals surface area contributed by atoms with Crippen LogP contribution in [0.5, 0.6) is 0 Å². The second kappa shape index (κ2) is 9.03. The molecule has 2 N–H and O–H groups in total. The SMILES string of the molecule is O=C(Nc1cc(NC(=O)c2cc(I)ccc2I)ccc1Cl)c1ccccc1. The van der Waals surface area contributed by atoms with E-state index in [9.17, 15) is 9.59 Å². The van der Waals surface area contributed by atoms with Gasteiger partial charge in [0.05, 0.1) is 16.3 Å². The van der Waals surface area contributed by atoms with E-state index in [0.29, 0.717) is 27.5 Å². The number of rotatable bonds is 4. The number of nitrogens with one attached hydrogen (secondary N) is 2. The highest BCUT2D eigenvalue weighted by molar-refractivity contribution is 14.1. The average molecular weight is 603 g/mol. The van der Waals surface area contributed by atoms with Crippen LogP contribution in [0.4, 0.5) is 11.4 Å². The molecular weight excluding hydrogens is 589 g/mol. The van der Waals surface area contributed by atoms with Crippen LogP contribution in [-0.2, 0) is 0 Å². The van der Waals surface area contributed by atoms with Gasteiger partial charge in [0, 0.05) is 18.4 Å². The van der Waals surface area contributed by atoms with Crippen molar-refractivity contribution >= 4 is 80.0 Å². The Kier molecular flexibility index (Phi) is 6.72. The van der Waals surface area contributed by atoms with E-state index in [4.69, 9.17) is 11.6 Å². The zero-order valence-corrected chi connectivity index (χ0v) is 18.9. The highest BCUT2D eigenvalue weighted by Gasteiger charge is 2.13. The molecule has 0 saturated carbocycles. The molecule has 0 aromatic heterocycles.